The van der Waals surface area contributed by atoms with Gasteiger partial charge in [-0.2, -0.15) is 0 Å². The number of amides is 6. The summed E-state index contributed by atoms with van der Waals surface area (Å²) in [7, 11) is 3.15. The van der Waals surface area contributed by atoms with Gasteiger partial charge in [-0.15, -0.1) is 0 Å². The molecule has 2 aromatic carbocycles. The molecular weight excluding hydrogens is 384 g/mol. The molecule has 4 N–H and O–H groups in total. The van der Waals surface area contributed by atoms with E-state index in [1.54, 1.807) is 14.1 Å². The van der Waals surface area contributed by atoms with E-state index >= 15 is 0 Å². The largest absolute Gasteiger partial charge is 0.334 e. The summed E-state index contributed by atoms with van der Waals surface area (Å²) in [5.41, 5.74) is 1.91. The van der Waals surface area contributed by atoms with Gasteiger partial charge in [0.05, 0.1) is 0 Å². The first kappa shape index (κ1) is 21.0. The van der Waals surface area contributed by atoms with E-state index in [1.807, 2.05) is 60.7 Å². The topological polar surface area (TPSA) is 106 Å². The summed E-state index contributed by atoms with van der Waals surface area (Å²) in [4.78, 5) is 39.8. The van der Waals surface area contributed by atoms with Gasteiger partial charge in [-0.3, -0.25) is 0 Å². The van der Waals surface area contributed by atoms with Gasteiger partial charge >= 0.3 is 18.1 Å². The van der Waals surface area contributed by atoms with Crippen LogP contribution in [-0.2, 0) is 13.1 Å². The van der Waals surface area contributed by atoms with E-state index in [2.05, 4.69) is 21.3 Å². The maximum absolute atomic E-state index is 12.4. The lowest BCUT2D eigenvalue weighted by molar-refractivity contribution is 0.193. The summed E-state index contributed by atoms with van der Waals surface area (Å²) < 4.78 is 0. The molecule has 9 nitrogen and oxygen atoms in total. The highest BCUT2D eigenvalue weighted by Gasteiger charge is 2.43. The first-order valence-corrected chi connectivity index (χ1v) is 9.62. The molecule has 3 rings (SSSR count). The Morgan fingerprint density at radius 1 is 0.733 bits per heavy atom. The summed E-state index contributed by atoms with van der Waals surface area (Å²) in [6.07, 6.45) is -1.44. The third-order valence-corrected chi connectivity index (χ3v) is 4.89. The maximum atomic E-state index is 12.4. The Bertz CT molecular complexity index is 805. The average molecular weight is 410 g/mol. The van der Waals surface area contributed by atoms with E-state index < -0.39 is 24.4 Å². The van der Waals surface area contributed by atoms with Crippen molar-refractivity contribution in [1.82, 2.24) is 31.1 Å². The Kier molecular flexibility index (Phi) is 6.74. The van der Waals surface area contributed by atoms with Gasteiger partial charge < -0.3 is 31.1 Å². The minimum absolute atomic E-state index is 0.309. The Morgan fingerprint density at radius 3 is 1.47 bits per heavy atom. The van der Waals surface area contributed by atoms with E-state index in [0.29, 0.717) is 13.1 Å². The molecular formula is C21H26N6O3. The summed E-state index contributed by atoms with van der Waals surface area (Å²) in [6.45, 7) is 0.700. The fourth-order valence-electron chi connectivity index (χ4n) is 3.19. The van der Waals surface area contributed by atoms with Crippen LogP contribution in [0.15, 0.2) is 60.7 Å². The van der Waals surface area contributed by atoms with Crippen molar-refractivity contribution >= 4 is 18.1 Å². The normalized spacial score (nSPS) is 18.1. The fourth-order valence-corrected chi connectivity index (χ4v) is 3.19. The zero-order chi connectivity index (χ0) is 21.5. The number of benzene rings is 2. The third-order valence-electron chi connectivity index (χ3n) is 4.89. The van der Waals surface area contributed by atoms with Gasteiger partial charge in [0.2, 0.25) is 0 Å². The van der Waals surface area contributed by atoms with Crippen LogP contribution in [0.3, 0.4) is 0 Å². The molecule has 6 amide bonds. The van der Waals surface area contributed by atoms with Crippen LogP contribution in [0.5, 0.6) is 0 Å². The van der Waals surface area contributed by atoms with Crippen LogP contribution in [0.1, 0.15) is 11.1 Å². The smallest absolute Gasteiger partial charge is 0.323 e. The lowest BCUT2D eigenvalue weighted by atomic mass is 10.2. The van der Waals surface area contributed by atoms with E-state index in [0.717, 1.165) is 11.1 Å². The van der Waals surface area contributed by atoms with Crippen molar-refractivity contribution in [1.29, 1.82) is 0 Å². The van der Waals surface area contributed by atoms with E-state index in [9.17, 15) is 14.4 Å². The molecule has 0 saturated carbocycles. The summed E-state index contributed by atoms with van der Waals surface area (Å²) in [5.74, 6) is 0. The predicted octanol–water partition coefficient (Wildman–Crippen LogP) is 1.63. The predicted molar refractivity (Wildman–Crippen MR) is 112 cm³/mol. The number of nitrogens with zero attached hydrogens (tertiary/aromatic N) is 2. The standard InChI is InChI=1S/C21H26N6O3/c1-26-17(24-19(28)22-13-15-9-5-3-6-10-15)18(27(2)21(26)30)25-20(29)23-14-16-11-7-4-8-12-16/h3-12,17-18H,13-14H2,1-2H3,(H2,22,24,28)(H2,23,25,29)/t17-,18-/m0/s1. The van der Waals surface area contributed by atoms with Crippen molar-refractivity contribution < 1.29 is 14.4 Å². The van der Waals surface area contributed by atoms with Crippen LogP contribution >= 0.6 is 0 Å². The minimum Gasteiger partial charge on any atom is -0.334 e. The Hall–Kier alpha value is -3.75. The lowest BCUT2D eigenvalue weighted by Gasteiger charge is -2.27. The molecule has 0 radical (unpaired) electrons. The Labute approximate surface area is 175 Å². The van der Waals surface area contributed by atoms with Crippen molar-refractivity contribution in [3.63, 3.8) is 0 Å². The Balaban J connectivity index is 1.56. The molecule has 1 heterocycles. The molecule has 9 heteroatoms. The molecule has 30 heavy (non-hydrogen) atoms. The van der Waals surface area contributed by atoms with Gasteiger partial charge in [-0.25, -0.2) is 14.4 Å². The van der Waals surface area contributed by atoms with E-state index in [4.69, 9.17) is 0 Å². The van der Waals surface area contributed by atoms with Gasteiger partial charge in [0.1, 0.15) is 12.3 Å². The molecule has 0 spiro atoms. The molecule has 158 valence electrons. The van der Waals surface area contributed by atoms with Crippen molar-refractivity contribution in [3.05, 3.63) is 71.8 Å². The number of urea groups is 3. The second-order valence-electron chi connectivity index (χ2n) is 7.02. The second-order valence-corrected chi connectivity index (χ2v) is 7.02. The average Bonchev–Trinajstić information content (AvgIpc) is 2.96. The zero-order valence-corrected chi connectivity index (χ0v) is 17.0. The molecule has 2 aromatic rings. The molecule has 0 bridgehead atoms. The number of likely N-dealkylation sites (N-methyl/N-ethyl adjacent to an activating group) is 2. The zero-order valence-electron chi connectivity index (χ0n) is 17.0. The number of rotatable bonds is 6. The van der Waals surface area contributed by atoms with Crippen LogP contribution < -0.4 is 21.3 Å². The highest BCUT2D eigenvalue weighted by molar-refractivity contribution is 5.82. The Morgan fingerprint density at radius 2 is 1.10 bits per heavy atom. The SMILES string of the molecule is CN1C(=O)N(C)[C@H](NC(=O)NCc2ccccc2)[C@H]1NC(=O)NCc1ccccc1. The van der Waals surface area contributed by atoms with Crippen LogP contribution in [0.2, 0.25) is 0 Å². The number of hydrogen-bond acceptors (Lipinski definition) is 3. The van der Waals surface area contributed by atoms with Crippen molar-refractivity contribution in [2.24, 2.45) is 0 Å². The number of hydrogen-bond donors (Lipinski definition) is 4. The number of carbonyl (C=O) groups is 3. The third kappa shape index (κ3) is 5.19. The van der Waals surface area contributed by atoms with Crippen LogP contribution in [0.25, 0.3) is 0 Å². The molecule has 1 fully saturated rings. The maximum Gasteiger partial charge on any atom is 0.323 e. The van der Waals surface area contributed by atoms with Gasteiger partial charge in [-0.1, -0.05) is 60.7 Å². The monoisotopic (exact) mass is 410 g/mol. The van der Waals surface area contributed by atoms with E-state index in [-0.39, 0.29) is 6.03 Å². The van der Waals surface area contributed by atoms with Gasteiger partial charge in [-0.05, 0) is 11.1 Å². The van der Waals surface area contributed by atoms with Gasteiger partial charge in [0.25, 0.3) is 0 Å². The number of carbonyl (C=O) groups excluding carboxylic acids is 3. The van der Waals surface area contributed by atoms with Crippen LogP contribution in [0.4, 0.5) is 14.4 Å². The van der Waals surface area contributed by atoms with Crippen LogP contribution in [0, 0.1) is 0 Å². The molecule has 1 aliphatic rings. The lowest BCUT2D eigenvalue weighted by Crippen LogP contribution is -2.59. The molecule has 0 aromatic heterocycles. The molecule has 1 aliphatic heterocycles. The highest BCUT2D eigenvalue weighted by Crippen LogP contribution is 2.16. The first-order valence-electron chi connectivity index (χ1n) is 9.62. The second kappa shape index (κ2) is 9.64. The summed E-state index contributed by atoms with van der Waals surface area (Å²) in [5, 5.41) is 11.0. The van der Waals surface area contributed by atoms with Crippen molar-refractivity contribution in [2.75, 3.05) is 14.1 Å². The molecule has 0 aliphatic carbocycles. The van der Waals surface area contributed by atoms with Crippen LogP contribution in [-0.4, -0.2) is 54.3 Å². The highest BCUT2D eigenvalue weighted by atomic mass is 16.2. The number of nitrogens with one attached hydrogen (secondary N) is 4. The van der Waals surface area contributed by atoms with Crippen molar-refractivity contribution in [2.45, 2.75) is 25.4 Å². The minimum atomic E-state index is -0.722. The molecule has 2 atom stereocenters. The van der Waals surface area contributed by atoms with Crippen molar-refractivity contribution in [3.8, 4) is 0 Å². The molecule has 0 unspecified atom stereocenters. The summed E-state index contributed by atoms with van der Waals surface area (Å²) >= 11 is 0. The quantitative estimate of drug-likeness (QED) is 0.582. The van der Waals surface area contributed by atoms with Gasteiger partial charge in [0.15, 0.2) is 0 Å². The fraction of sp³-hybridized carbons (Fsp3) is 0.286. The molecule has 1 saturated heterocycles. The van der Waals surface area contributed by atoms with Gasteiger partial charge in [0, 0.05) is 27.2 Å². The van der Waals surface area contributed by atoms with E-state index in [1.165, 1.54) is 9.80 Å². The first-order chi connectivity index (χ1) is 14.5. The summed E-state index contributed by atoms with van der Waals surface area (Å²) in [6, 6.07) is 17.8.